The maximum absolute atomic E-state index is 12.1. The summed E-state index contributed by atoms with van der Waals surface area (Å²) in [5.41, 5.74) is 1.81. The van der Waals surface area contributed by atoms with Crippen LogP contribution >= 0.6 is 0 Å². The first kappa shape index (κ1) is 16.5. The highest BCUT2D eigenvalue weighted by Crippen LogP contribution is 2.29. The zero-order chi connectivity index (χ0) is 16.8. The second-order valence-corrected chi connectivity index (χ2v) is 6.29. The number of rotatable bonds is 8. The van der Waals surface area contributed by atoms with Crippen molar-refractivity contribution >= 4 is 11.6 Å². The minimum Gasteiger partial charge on any atom is -0.484 e. The molecule has 2 aromatic carbocycles. The van der Waals surface area contributed by atoms with Gasteiger partial charge in [-0.1, -0.05) is 42.5 Å². The summed E-state index contributed by atoms with van der Waals surface area (Å²) in [5, 5.41) is 6.14. The number of nitrogens with one attached hydrogen (secondary N) is 2. The molecule has 0 saturated heterocycles. The molecule has 1 aliphatic rings. The second kappa shape index (κ2) is 7.97. The molecule has 3 rings (SSSR count). The Labute approximate surface area is 143 Å². The lowest BCUT2D eigenvalue weighted by Crippen LogP contribution is -2.29. The molecule has 4 heteroatoms. The quantitative estimate of drug-likeness (QED) is 0.777. The molecule has 2 N–H and O–H groups in total. The van der Waals surface area contributed by atoms with Crippen molar-refractivity contribution in [2.24, 2.45) is 5.92 Å². The van der Waals surface area contributed by atoms with Crippen molar-refractivity contribution < 1.29 is 9.53 Å². The molecule has 0 spiro atoms. The summed E-state index contributed by atoms with van der Waals surface area (Å²) >= 11 is 0. The van der Waals surface area contributed by atoms with E-state index in [1.54, 1.807) is 0 Å². The van der Waals surface area contributed by atoms with E-state index in [1.165, 1.54) is 12.8 Å². The first-order valence-corrected chi connectivity index (χ1v) is 8.53. The van der Waals surface area contributed by atoms with Crippen molar-refractivity contribution in [3.05, 3.63) is 60.2 Å². The van der Waals surface area contributed by atoms with Gasteiger partial charge in [0.2, 0.25) is 5.91 Å². The average Bonchev–Trinajstić information content (AvgIpc) is 3.42. The van der Waals surface area contributed by atoms with E-state index in [9.17, 15) is 4.79 Å². The molecule has 0 aliphatic heterocycles. The molecule has 2 aromatic rings. The number of para-hydroxylation sites is 2. The summed E-state index contributed by atoms with van der Waals surface area (Å²) in [5.74, 6) is 1.41. The van der Waals surface area contributed by atoms with Crippen LogP contribution in [0.15, 0.2) is 54.6 Å². The Kier molecular flexibility index (Phi) is 5.49. The number of amides is 1. The van der Waals surface area contributed by atoms with Gasteiger partial charge in [0, 0.05) is 0 Å². The van der Waals surface area contributed by atoms with Gasteiger partial charge in [-0.05, 0) is 49.9 Å². The third-order valence-corrected chi connectivity index (χ3v) is 4.15. The molecule has 4 nitrogen and oxygen atoms in total. The Morgan fingerprint density at radius 1 is 1.12 bits per heavy atom. The maximum atomic E-state index is 12.1. The van der Waals surface area contributed by atoms with Gasteiger partial charge >= 0.3 is 0 Å². The largest absolute Gasteiger partial charge is 0.484 e. The lowest BCUT2D eigenvalue weighted by molar-refractivity contribution is -0.115. The van der Waals surface area contributed by atoms with Gasteiger partial charge in [0.15, 0.2) is 0 Å². The molecule has 1 aliphatic carbocycles. The van der Waals surface area contributed by atoms with Crippen LogP contribution in [0.1, 0.15) is 31.4 Å². The van der Waals surface area contributed by atoms with Crippen LogP contribution in [0.4, 0.5) is 5.69 Å². The van der Waals surface area contributed by atoms with E-state index in [-0.39, 0.29) is 12.0 Å². The molecular weight excluding hydrogens is 300 g/mol. The van der Waals surface area contributed by atoms with E-state index in [0.717, 1.165) is 18.0 Å². The highest BCUT2D eigenvalue weighted by Gasteiger charge is 2.20. The molecule has 0 radical (unpaired) electrons. The number of carbonyl (C=O) groups is 1. The summed E-state index contributed by atoms with van der Waals surface area (Å²) in [7, 11) is 0. The molecular formula is C20H24N2O2. The van der Waals surface area contributed by atoms with E-state index < -0.39 is 0 Å². The van der Waals surface area contributed by atoms with E-state index >= 15 is 0 Å². The monoisotopic (exact) mass is 324 g/mol. The van der Waals surface area contributed by atoms with Crippen LogP contribution in [0.5, 0.6) is 5.75 Å². The van der Waals surface area contributed by atoms with Gasteiger partial charge in [0.25, 0.3) is 0 Å². The predicted octanol–water partition coefficient (Wildman–Crippen LogP) is 3.76. The molecule has 0 heterocycles. The minimum atomic E-state index is -0.0859. The number of carbonyl (C=O) groups excluding carboxylic acids is 1. The van der Waals surface area contributed by atoms with Gasteiger partial charge in [-0.15, -0.1) is 0 Å². The second-order valence-electron chi connectivity index (χ2n) is 6.29. The van der Waals surface area contributed by atoms with Crippen LogP contribution in [-0.4, -0.2) is 19.0 Å². The van der Waals surface area contributed by atoms with Gasteiger partial charge in [-0.2, -0.15) is 0 Å². The topological polar surface area (TPSA) is 50.4 Å². The Morgan fingerprint density at radius 3 is 2.58 bits per heavy atom. The number of anilines is 1. The van der Waals surface area contributed by atoms with Crippen LogP contribution in [0.3, 0.4) is 0 Å². The fourth-order valence-corrected chi connectivity index (χ4v) is 2.56. The van der Waals surface area contributed by atoms with E-state index in [0.29, 0.717) is 18.0 Å². The minimum absolute atomic E-state index is 0.0425. The van der Waals surface area contributed by atoms with Crippen LogP contribution in [0.2, 0.25) is 0 Å². The first-order valence-electron chi connectivity index (χ1n) is 8.53. The van der Waals surface area contributed by atoms with Crippen molar-refractivity contribution in [2.75, 3.05) is 18.4 Å². The van der Waals surface area contributed by atoms with Gasteiger partial charge in [0.05, 0.1) is 12.2 Å². The molecule has 1 atom stereocenters. The number of hydrogen-bond donors (Lipinski definition) is 2. The number of ether oxygens (including phenoxy) is 1. The highest BCUT2D eigenvalue weighted by molar-refractivity contribution is 5.93. The molecule has 24 heavy (non-hydrogen) atoms. The summed E-state index contributed by atoms with van der Waals surface area (Å²) < 4.78 is 6.05. The normalized spacial score (nSPS) is 14.9. The SMILES string of the molecule is CC(Oc1ccccc1NC(=O)CNCC1CC1)c1ccccc1. The molecule has 1 unspecified atom stereocenters. The molecule has 1 amide bonds. The highest BCUT2D eigenvalue weighted by atomic mass is 16.5. The van der Waals surface area contributed by atoms with Crippen molar-refractivity contribution in [3.63, 3.8) is 0 Å². The van der Waals surface area contributed by atoms with Crippen molar-refractivity contribution in [1.29, 1.82) is 0 Å². The van der Waals surface area contributed by atoms with Gasteiger partial charge < -0.3 is 15.4 Å². The molecule has 1 saturated carbocycles. The lowest BCUT2D eigenvalue weighted by Gasteiger charge is -2.18. The molecule has 1 fully saturated rings. The Balaban J connectivity index is 1.58. The smallest absolute Gasteiger partial charge is 0.238 e. The van der Waals surface area contributed by atoms with E-state index in [4.69, 9.17) is 4.74 Å². The van der Waals surface area contributed by atoms with Gasteiger partial charge in [-0.3, -0.25) is 4.79 Å². The summed E-state index contributed by atoms with van der Waals surface area (Å²) in [6.07, 6.45) is 2.47. The molecule has 0 aromatic heterocycles. The van der Waals surface area contributed by atoms with Gasteiger partial charge in [0.1, 0.15) is 11.9 Å². The Hall–Kier alpha value is -2.33. The average molecular weight is 324 g/mol. The summed E-state index contributed by atoms with van der Waals surface area (Å²) in [6, 6.07) is 17.6. The van der Waals surface area contributed by atoms with Crippen molar-refractivity contribution in [1.82, 2.24) is 5.32 Å². The fourth-order valence-electron chi connectivity index (χ4n) is 2.56. The van der Waals surface area contributed by atoms with E-state index in [1.807, 2.05) is 61.5 Å². The fraction of sp³-hybridized carbons (Fsp3) is 0.350. The maximum Gasteiger partial charge on any atom is 0.238 e. The van der Waals surface area contributed by atoms with Crippen molar-refractivity contribution in [3.8, 4) is 5.75 Å². The van der Waals surface area contributed by atoms with Gasteiger partial charge in [-0.25, -0.2) is 0 Å². The zero-order valence-electron chi connectivity index (χ0n) is 14.0. The molecule has 126 valence electrons. The first-order chi connectivity index (χ1) is 11.7. The predicted molar refractivity (Wildman–Crippen MR) is 96.2 cm³/mol. The standard InChI is InChI=1S/C20H24N2O2/c1-15(17-7-3-2-4-8-17)24-19-10-6-5-9-18(19)22-20(23)14-21-13-16-11-12-16/h2-10,15-16,21H,11-14H2,1H3,(H,22,23). The van der Waals surface area contributed by atoms with Crippen molar-refractivity contribution in [2.45, 2.75) is 25.9 Å². The third-order valence-electron chi connectivity index (χ3n) is 4.15. The van der Waals surface area contributed by atoms with Crippen LogP contribution in [0, 0.1) is 5.92 Å². The summed E-state index contributed by atoms with van der Waals surface area (Å²) in [4.78, 5) is 12.1. The molecule has 0 bridgehead atoms. The number of hydrogen-bond acceptors (Lipinski definition) is 3. The Morgan fingerprint density at radius 2 is 1.83 bits per heavy atom. The lowest BCUT2D eigenvalue weighted by atomic mass is 10.1. The Bertz CT molecular complexity index is 668. The third kappa shape index (κ3) is 4.83. The van der Waals surface area contributed by atoms with Crippen LogP contribution in [0.25, 0.3) is 0 Å². The number of benzene rings is 2. The zero-order valence-corrected chi connectivity index (χ0v) is 14.0. The van der Waals surface area contributed by atoms with E-state index in [2.05, 4.69) is 10.6 Å². The van der Waals surface area contributed by atoms with Crippen LogP contribution in [-0.2, 0) is 4.79 Å². The summed E-state index contributed by atoms with van der Waals surface area (Å²) in [6.45, 7) is 3.26. The van der Waals surface area contributed by atoms with Crippen LogP contribution < -0.4 is 15.4 Å².